The molecule has 2 heterocycles. The second kappa shape index (κ2) is 6.76. The van der Waals surface area contributed by atoms with Gasteiger partial charge in [-0.1, -0.05) is 24.3 Å². The molecule has 0 bridgehead atoms. The fraction of sp³-hybridized carbons (Fsp3) is 0.500. The van der Waals surface area contributed by atoms with Gasteiger partial charge in [0.25, 0.3) is 0 Å². The highest BCUT2D eigenvalue weighted by atomic mass is 16.5. The van der Waals surface area contributed by atoms with Crippen LogP contribution < -0.4 is 5.32 Å². The number of aryl methyl sites for hydroxylation is 1. The molecule has 138 valence electrons. The quantitative estimate of drug-likeness (QED) is 0.918. The molecule has 6 nitrogen and oxygen atoms in total. The number of nitrogens with zero attached hydrogens (tertiary/aromatic N) is 3. The highest BCUT2D eigenvalue weighted by Crippen LogP contribution is 2.39. The van der Waals surface area contributed by atoms with Gasteiger partial charge in [0.2, 0.25) is 0 Å². The number of urea groups is 1. The van der Waals surface area contributed by atoms with E-state index >= 15 is 0 Å². The summed E-state index contributed by atoms with van der Waals surface area (Å²) >= 11 is 0. The first kappa shape index (κ1) is 17.1. The van der Waals surface area contributed by atoms with E-state index in [0.29, 0.717) is 26.2 Å². The van der Waals surface area contributed by atoms with Crippen LogP contribution in [0.4, 0.5) is 4.79 Å². The summed E-state index contributed by atoms with van der Waals surface area (Å²) in [6.45, 7) is 4.20. The van der Waals surface area contributed by atoms with Crippen LogP contribution in [0.5, 0.6) is 0 Å². The molecule has 1 N–H and O–H groups in total. The van der Waals surface area contributed by atoms with E-state index in [2.05, 4.69) is 34.7 Å². The van der Waals surface area contributed by atoms with Crippen LogP contribution in [-0.4, -0.2) is 40.4 Å². The third-order valence-corrected chi connectivity index (χ3v) is 5.35. The maximum Gasteiger partial charge on any atom is 0.317 e. The molecule has 1 atom stereocenters. The lowest BCUT2D eigenvalue weighted by Crippen LogP contribution is -2.53. The lowest BCUT2D eigenvalue weighted by atomic mass is 9.97. The largest absolute Gasteiger partial charge is 0.367 e. The van der Waals surface area contributed by atoms with Gasteiger partial charge in [0.1, 0.15) is 5.60 Å². The van der Waals surface area contributed by atoms with Gasteiger partial charge in [-0.2, -0.15) is 5.10 Å². The van der Waals surface area contributed by atoms with Crippen molar-refractivity contribution in [1.29, 1.82) is 0 Å². The van der Waals surface area contributed by atoms with Gasteiger partial charge in [0.05, 0.1) is 19.3 Å². The van der Waals surface area contributed by atoms with Gasteiger partial charge in [0.15, 0.2) is 0 Å². The number of carbonyl (C=O) groups is 1. The van der Waals surface area contributed by atoms with E-state index < -0.39 is 5.60 Å². The first-order valence-electron chi connectivity index (χ1n) is 9.28. The number of aromatic nitrogens is 2. The molecule has 1 aromatic carbocycles. The number of amides is 2. The number of hydrogen-bond donors (Lipinski definition) is 1. The second-order valence-corrected chi connectivity index (χ2v) is 7.58. The Morgan fingerprint density at radius 2 is 2.12 bits per heavy atom. The van der Waals surface area contributed by atoms with Crippen molar-refractivity contribution >= 4 is 6.03 Å². The molecular weight excluding hydrogens is 328 g/mol. The molecule has 0 unspecified atom stereocenters. The van der Waals surface area contributed by atoms with E-state index in [4.69, 9.17) is 4.74 Å². The van der Waals surface area contributed by atoms with Crippen LogP contribution in [0.2, 0.25) is 0 Å². The lowest BCUT2D eigenvalue weighted by Gasteiger charge is -2.40. The van der Waals surface area contributed by atoms with Crippen LogP contribution in [0.3, 0.4) is 0 Å². The van der Waals surface area contributed by atoms with Crippen LogP contribution >= 0.6 is 0 Å². The second-order valence-electron chi connectivity index (χ2n) is 7.58. The third-order valence-electron chi connectivity index (χ3n) is 5.35. The number of rotatable bonds is 4. The first-order chi connectivity index (χ1) is 12.5. The van der Waals surface area contributed by atoms with Crippen LogP contribution in [0.1, 0.15) is 42.4 Å². The smallest absolute Gasteiger partial charge is 0.317 e. The topological polar surface area (TPSA) is 59.4 Å². The normalized spacial score (nSPS) is 23.1. The summed E-state index contributed by atoms with van der Waals surface area (Å²) in [6.07, 6.45) is 6.37. The minimum atomic E-state index is -0.518. The molecule has 1 saturated carbocycles. The molecule has 2 fully saturated rings. The molecule has 6 heteroatoms. The monoisotopic (exact) mass is 354 g/mol. The molecule has 1 aliphatic heterocycles. The fourth-order valence-corrected chi connectivity index (χ4v) is 3.53. The van der Waals surface area contributed by atoms with E-state index in [0.717, 1.165) is 17.0 Å². The van der Waals surface area contributed by atoms with Crippen LogP contribution in [0, 0.1) is 0 Å². The molecule has 1 aromatic heterocycles. The zero-order valence-electron chi connectivity index (χ0n) is 15.4. The van der Waals surface area contributed by atoms with Gasteiger partial charge < -0.3 is 15.0 Å². The van der Waals surface area contributed by atoms with Gasteiger partial charge in [-0.05, 0) is 36.8 Å². The summed E-state index contributed by atoms with van der Waals surface area (Å²) in [5, 5.41) is 7.26. The molecule has 1 saturated heterocycles. The number of carbonyl (C=O) groups excluding carboxylic acids is 1. The lowest BCUT2D eigenvalue weighted by molar-refractivity contribution is -0.0907. The molecule has 26 heavy (non-hydrogen) atoms. The minimum absolute atomic E-state index is 0.0466. The Balaban J connectivity index is 1.35. The van der Waals surface area contributed by atoms with Crippen molar-refractivity contribution in [2.75, 3.05) is 19.7 Å². The Bertz CT molecular complexity index is 781. The average Bonchev–Trinajstić information content (AvgIpc) is 3.40. The van der Waals surface area contributed by atoms with Crippen LogP contribution in [0.25, 0.3) is 0 Å². The van der Waals surface area contributed by atoms with Crippen molar-refractivity contribution in [3.8, 4) is 0 Å². The molecule has 4 rings (SSSR count). The van der Waals surface area contributed by atoms with Gasteiger partial charge in [-0.15, -0.1) is 0 Å². The highest BCUT2D eigenvalue weighted by Gasteiger charge is 2.36. The SMILES string of the molecule is Cn1cc([C@]2(C)CN(C(=O)NCc3ccc(C4CC4)cc3)CCO2)cn1. The van der Waals surface area contributed by atoms with Gasteiger partial charge in [-0.3, -0.25) is 4.68 Å². The van der Waals surface area contributed by atoms with E-state index in [1.807, 2.05) is 31.3 Å². The molecule has 2 aliphatic rings. The van der Waals surface area contributed by atoms with Gasteiger partial charge >= 0.3 is 6.03 Å². The minimum Gasteiger partial charge on any atom is -0.367 e. The summed E-state index contributed by atoms with van der Waals surface area (Å²) in [4.78, 5) is 14.4. The predicted octanol–water partition coefficient (Wildman–Crippen LogP) is 2.75. The Kier molecular flexibility index (Phi) is 4.44. The van der Waals surface area contributed by atoms with Crippen LogP contribution in [0.15, 0.2) is 36.7 Å². The van der Waals surface area contributed by atoms with Crippen LogP contribution in [-0.2, 0) is 23.9 Å². The molecule has 0 radical (unpaired) electrons. The summed E-state index contributed by atoms with van der Waals surface area (Å²) in [5.41, 5.74) is 3.02. The van der Waals surface area contributed by atoms with Crippen molar-refractivity contribution in [3.05, 3.63) is 53.3 Å². The van der Waals surface area contributed by atoms with Gasteiger partial charge in [-0.25, -0.2) is 4.79 Å². The number of ether oxygens (including phenoxy) is 1. The Morgan fingerprint density at radius 1 is 1.35 bits per heavy atom. The van der Waals surface area contributed by atoms with Gasteiger partial charge in [0, 0.05) is 31.9 Å². The van der Waals surface area contributed by atoms with E-state index in [1.165, 1.54) is 18.4 Å². The molecule has 1 aliphatic carbocycles. The Hall–Kier alpha value is -2.34. The first-order valence-corrected chi connectivity index (χ1v) is 9.28. The molecular formula is C20H26N4O2. The summed E-state index contributed by atoms with van der Waals surface area (Å²) < 4.78 is 7.73. The Labute approximate surface area is 154 Å². The van der Waals surface area contributed by atoms with E-state index in [-0.39, 0.29) is 6.03 Å². The number of benzene rings is 1. The molecule has 2 aromatic rings. The molecule has 0 spiro atoms. The predicted molar refractivity (Wildman–Crippen MR) is 98.7 cm³/mol. The van der Waals surface area contributed by atoms with Crippen molar-refractivity contribution in [1.82, 2.24) is 20.0 Å². The third kappa shape index (κ3) is 3.60. The Morgan fingerprint density at radius 3 is 2.77 bits per heavy atom. The summed E-state index contributed by atoms with van der Waals surface area (Å²) in [6, 6.07) is 8.57. The zero-order valence-corrected chi connectivity index (χ0v) is 15.4. The number of nitrogens with one attached hydrogen (secondary N) is 1. The maximum atomic E-state index is 12.6. The zero-order chi connectivity index (χ0) is 18.1. The fourth-order valence-electron chi connectivity index (χ4n) is 3.53. The number of morpholine rings is 1. The average molecular weight is 354 g/mol. The summed E-state index contributed by atoms with van der Waals surface area (Å²) in [5.74, 6) is 0.761. The maximum absolute atomic E-state index is 12.6. The van der Waals surface area contributed by atoms with E-state index in [1.54, 1.807) is 4.68 Å². The number of hydrogen-bond acceptors (Lipinski definition) is 3. The van der Waals surface area contributed by atoms with Crippen molar-refractivity contribution in [3.63, 3.8) is 0 Å². The van der Waals surface area contributed by atoms with Crippen molar-refractivity contribution in [2.24, 2.45) is 7.05 Å². The van der Waals surface area contributed by atoms with Crippen molar-refractivity contribution in [2.45, 2.75) is 37.8 Å². The highest BCUT2D eigenvalue weighted by molar-refractivity contribution is 5.74. The summed E-state index contributed by atoms with van der Waals surface area (Å²) in [7, 11) is 1.88. The van der Waals surface area contributed by atoms with Crippen molar-refractivity contribution < 1.29 is 9.53 Å². The molecule has 2 amide bonds. The van der Waals surface area contributed by atoms with E-state index in [9.17, 15) is 4.79 Å². The standard InChI is InChI=1S/C20H26N4O2/c1-20(18-12-22-23(2)13-18)14-24(9-10-26-20)19(25)21-11-15-3-5-16(6-4-15)17-7-8-17/h3-6,12-13,17H,7-11,14H2,1-2H3,(H,21,25)/t20-/m0/s1.